The second-order valence-corrected chi connectivity index (χ2v) is 6.94. The molecule has 0 bridgehead atoms. The molecule has 0 amide bonds. The van der Waals surface area contributed by atoms with E-state index in [4.69, 9.17) is 4.74 Å². The fraction of sp³-hybridized carbons (Fsp3) is 0.250. The highest BCUT2D eigenvalue weighted by molar-refractivity contribution is 5.95. The fourth-order valence-corrected chi connectivity index (χ4v) is 3.23. The Morgan fingerprint density at radius 1 is 1.16 bits per heavy atom. The van der Waals surface area contributed by atoms with E-state index < -0.39 is 0 Å². The molecule has 31 heavy (non-hydrogen) atoms. The van der Waals surface area contributed by atoms with Crippen molar-refractivity contribution in [3.05, 3.63) is 77.9 Å². The zero-order valence-electron chi connectivity index (χ0n) is 17.9. The Hall–Kier alpha value is -3.61. The van der Waals surface area contributed by atoms with Crippen molar-refractivity contribution in [2.24, 2.45) is 0 Å². The molecule has 4 rings (SSSR count). The third-order valence-electron chi connectivity index (χ3n) is 5.00. The number of pyridine rings is 1. The monoisotopic (exact) mass is 423 g/mol. The third kappa shape index (κ3) is 5.51. The Morgan fingerprint density at radius 3 is 2.61 bits per heavy atom. The number of carbonyl (C=O) groups is 1. The van der Waals surface area contributed by atoms with Gasteiger partial charge in [0.1, 0.15) is 11.6 Å². The number of methoxy groups -OCH3 is 1. The maximum absolute atomic E-state index is 12.9. The highest BCUT2D eigenvalue weighted by Crippen LogP contribution is 2.32. The van der Waals surface area contributed by atoms with Crippen LogP contribution in [0.4, 0.5) is 21.5 Å². The summed E-state index contributed by atoms with van der Waals surface area (Å²) in [4.78, 5) is 17.0. The second kappa shape index (κ2) is 10.4. The molecule has 1 aliphatic heterocycles. The van der Waals surface area contributed by atoms with Crippen LogP contribution in [0.3, 0.4) is 0 Å². The number of rotatable bonds is 4. The molecule has 0 radical (unpaired) electrons. The number of hydrogen-bond donors (Lipinski definition) is 1. The van der Waals surface area contributed by atoms with Crippen LogP contribution in [0.2, 0.25) is 0 Å². The van der Waals surface area contributed by atoms with Gasteiger partial charge in [-0.05, 0) is 54.8 Å². The summed E-state index contributed by atoms with van der Waals surface area (Å²) in [6, 6.07) is 14.4. The van der Waals surface area contributed by atoms with Gasteiger partial charge < -0.3 is 19.7 Å². The minimum absolute atomic E-state index is 0.217. The fourth-order valence-electron chi connectivity index (χ4n) is 3.23. The summed E-state index contributed by atoms with van der Waals surface area (Å²) in [6.07, 6.45) is 5.29. The van der Waals surface area contributed by atoms with E-state index in [0.717, 1.165) is 36.6 Å². The van der Waals surface area contributed by atoms with Gasteiger partial charge in [-0.2, -0.15) is 0 Å². The van der Waals surface area contributed by atoms with Crippen LogP contribution in [0.5, 0.6) is 5.75 Å². The summed E-state index contributed by atoms with van der Waals surface area (Å²) in [7, 11) is 5.05. The number of nitrogens with one attached hydrogen (secondary N) is 1. The number of ether oxygens (including phenoxy) is 2. The summed E-state index contributed by atoms with van der Waals surface area (Å²) >= 11 is 0. The minimum Gasteiger partial charge on any atom is -0.493 e. The lowest BCUT2D eigenvalue weighted by Gasteiger charge is -2.23. The topological polar surface area (TPSA) is 63.7 Å². The van der Waals surface area contributed by atoms with Crippen molar-refractivity contribution in [3.8, 4) is 5.75 Å². The highest BCUT2D eigenvalue weighted by Gasteiger charge is 2.13. The van der Waals surface area contributed by atoms with Gasteiger partial charge in [-0.25, -0.2) is 9.18 Å². The van der Waals surface area contributed by atoms with Gasteiger partial charge in [0.05, 0.1) is 31.2 Å². The number of halogens is 1. The molecule has 0 saturated carbocycles. The van der Waals surface area contributed by atoms with E-state index in [1.807, 2.05) is 11.9 Å². The number of fused-ring (bicyclic) bond motifs is 1. The van der Waals surface area contributed by atoms with Gasteiger partial charge in [0.15, 0.2) is 0 Å². The van der Waals surface area contributed by atoms with E-state index in [-0.39, 0.29) is 11.8 Å². The number of anilines is 3. The van der Waals surface area contributed by atoms with Crippen LogP contribution in [-0.4, -0.2) is 38.8 Å². The van der Waals surface area contributed by atoms with Gasteiger partial charge in [-0.3, -0.25) is 4.98 Å². The summed E-state index contributed by atoms with van der Waals surface area (Å²) in [6.45, 7) is 0.788. The standard InChI is InChI=1S/C16H16FNO.C8H10N2O2/c1-18(14-8-5-13(17)6-9-14)15-7-4-12-3-2-10-19-16(12)11-15;1-9-7-5-10-4-3-6(7)8(11)12-2/h4-9,11H,2-3,10H2,1H3;3-5,9H,1-2H3. The van der Waals surface area contributed by atoms with Gasteiger partial charge in [0.25, 0.3) is 0 Å². The lowest BCUT2D eigenvalue weighted by molar-refractivity contribution is 0.0601. The number of carbonyl (C=O) groups excluding carboxylic acids is 1. The lowest BCUT2D eigenvalue weighted by Crippen LogP contribution is -2.12. The van der Waals surface area contributed by atoms with E-state index >= 15 is 0 Å². The number of hydrogen-bond acceptors (Lipinski definition) is 6. The average molecular weight is 423 g/mol. The third-order valence-corrected chi connectivity index (χ3v) is 5.00. The van der Waals surface area contributed by atoms with Gasteiger partial charge in [-0.15, -0.1) is 0 Å². The zero-order chi connectivity index (χ0) is 22.2. The predicted octanol–water partition coefficient (Wildman–Crippen LogP) is 4.83. The SMILES string of the molecule is CN(c1ccc(F)cc1)c1ccc2c(c1)OCCC2.CNc1cnccc1C(=O)OC. The van der Waals surface area contributed by atoms with E-state index in [9.17, 15) is 9.18 Å². The number of benzene rings is 2. The van der Waals surface area contributed by atoms with Gasteiger partial charge in [0, 0.05) is 37.7 Å². The van der Waals surface area contributed by atoms with Crippen molar-refractivity contribution in [3.63, 3.8) is 0 Å². The van der Waals surface area contributed by atoms with Crippen molar-refractivity contribution < 1.29 is 18.7 Å². The Kier molecular flexibility index (Phi) is 7.43. The molecule has 0 fully saturated rings. The molecule has 0 atom stereocenters. The molecule has 7 heteroatoms. The average Bonchev–Trinajstić information content (AvgIpc) is 2.83. The molecular formula is C24H26FN3O3. The van der Waals surface area contributed by atoms with Crippen LogP contribution in [0.25, 0.3) is 0 Å². The molecule has 0 spiro atoms. The highest BCUT2D eigenvalue weighted by atomic mass is 19.1. The maximum Gasteiger partial charge on any atom is 0.340 e. The van der Waals surface area contributed by atoms with Crippen molar-refractivity contribution in [1.82, 2.24) is 4.98 Å². The Morgan fingerprint density at radius 2 is 1.90 bits per heavy atom. The van der Waals surface area contributed by atoms with Crippen LogP contribution in [0, 0.1) is 5.82 Å². The number of esters is 1. The lowest BCUT2D eigenvalue weighted by atomic mass is 10.1. The van der Waals surface area contributed by atoms with Crippen molar-refractivity contribution in [2.45, 2.75) is 12.8 Å². The van der Waals surface area contributed by atoms with E-state index in [2.05, 4.69) is 33.2 Å². The Balaban J connectivity index is 0.000000196. The Bertz CT molecular complexity index is 1020. The van der Waals surface area contributed by atoms with Gasteiger partial charge in [0.2, 0.25) is 0 Å². The van der Waals surface area contributed by atoms with Crippen LogP contribution in [0.1, 0.15) is 22.3 Å². The predicted molar refractivity (Wildman–Crippen MR) is 120 cm³/mol. The summed E-state index contributed by atoms with van der Waals surface area (Å²) in [5.41, 5.74) is 4.44. The number of aromatic nitrogens is 1. The quantitative estimate of drug-likeness (QED) is 0.607. The minimum atomic E-state index is -0.359. The molecule has 6 nitrogen and oxygen atoms in total. The molecule has 2 aromatic carbocycles. The maximum atomic E-state index is 12.9. The molecular weight excluding hydrogens is 397 g/mol. The van der Waals surface area contributed by atoms with Crippen LogP contribution in [-0.2, 0) is 11.2 Å². The normalized spacial score (nSPS) is 11.9. The molecule has 0 aliphatic carbocycles. The zero-order valence-corrected chi connectivity index (χ0v) is 17.9. The first kappa shape index (κ1) is 22.1. The van der Waals surface area contributed by atoms with Crippen LogP contribution in [0.15, 0.2) is 60.9 Å². The van der Waals surface area contributed by atoms with E-state index in [0.29, 0.717) is 11.3 Å². The molecule has 0 unspecified atom stereocenters. The van der Waals surface area contributed by atoms with Gasteiger partial charge in [-0.1, -0.05) is 6.07 Å². The van der Waals surface area contributed by atoms with Crippen molar-refractivity contribution >= 4 is 23.0 Å². The van der Waals surface area contributed by atoms with E-state index in [1.165, 1.54) is 24.8 Å². The summed E-state index contributed by atoms with van der Waals surface area (Å²) in [5.74, 6) is 0.394. The molecule has 0 saturated heterocycles. The number of nitrogens with zero attached hydrogens (tertiary/aromatic N) is 2. The molecule has 1 N–H and O–H groups in total. The largest absolute Gasteiger partial charge is 0.493 e. The van der Waals surface area contributed by atoms with E-state index in [1.54, 1.807) is 37.6 Å². The van der Waals surface area contributed by atoms with Crippen molar-refractivity contribution in [1.29, 1.82) is 0 Å². The summed E-state index contributed by atoms with van der Waals surface area (Å²) < 4.78 is 23.2. The smallest absolute Gasteiger partial charge is 0.340 e. The summed E-state index contributed by atoms with van der Waals surface area (Å²) in [5, 5.41) is 2.85. The van der Waals surface area contributed by atoms with Crippen molar-refractivity contribution in [2.75, 3.05) is 38.0 Å². The van der Waals surface area contributed by atoms with Gasteiger partial charge >= 0.3 is 5.97 Å². The molecule has 2 heterocycles. The molecule has 1 aliphatic rings. The first-order chi connectivity index (χ1) is 15.0. The second-order valence-electron chi connectivity index (χ2n) is 6.94. The van der Waals surface area contributed by atoms with Crippen LogP contribution >= 0.6 is 0 Å². The first-order valence-corrected chi connectivity index (χ1v) is 9.98. The first-order valence-electron chi connectivity index (χ1n) is 9.98. The molecule has 1 aromatic heterocycles. The molecule has 162 valence electrons. The number of aryl methyl sites for hydroxylation is 1. The Labute approximate surface area is 181 Å². The molecule has 3 aromatic rings. The van der Waals surface area contributed by atoms with Crippen LogP contribution < -0.4 is 15.0 Å².